The van der Waals surface area contributed by atoms with Crippen LogP contribution >= 0.6 is 0 Å². The van der Waals surface area contributed by atoms with Gasteiger partial charge in [0.05, 0.1) is 7.11 Å². The third-order valence-electron chi connectivity index (χ3n) is 3.38. The van der Waals surface area contributed by atoms with Gasteiger partial charge in [0.2, 0.25) is 0 Å². The van der Waals surface area contributed by atoms with Gasteiger partial charge < -0.3 is 10.5 Å². The van der Waals surface area contributed by atoms with E-state index in [2.05, 4.69) is 44.2 Å². The first-order valence-electron chi connectivity index (χ1n) is 6.50. The molecule has 0 bridgehead atoms. The van der Waals surface area contributed by atoms with Crippen molar-refractivity contribution in [2.75, 3.05) is 7.11 Å². The van der Waals surface area contributed by atoms with Gasteiger partial charge in [-0.15, -0.1) is 0 Å². The van der Waals surface area contributed by atoms with Crippen LogP contribution in [0.3, 0.4) is 0 Å². The zero-order chi connectivity index (χ0) is 13.9. The molecule has 1 unspecified atom stereocenters. The highest BCUT2D eigenvalue weighted by molar-refractivity contribution is 5.35. The van der Waals surface area contributed by atoms with Crippen molar-refractivity contribution in [3.8, 4) is 5.75 Å². The van der Waals surface area contributed by atoms with Crippen LogP contribution in [0, 0.1) is 6.92 Å². The first-order chi connectivity index (χ1) is 9.01. The molecular formula is C17H21NO. The molecule has 2 aromatic rings. The summed E-state index contributed by atoms with van der Waals surface area (Å²) in [6.07, 6.45) is 0.807. The first kappa shape index (κ1) is 13.6. The molecule has 0 aromatic heterocycles. The Balaban J connectivity index is 2.26. The number of hydrogen-bond donors (Lipinski definition) is 1. The minimum absolute atomic E-state index is 0.400. The van der Waals surface area contributed by atoms with Crippen LogP contribution in [0.5, 0.6) is 5.75 Å². The maximum absolute atomic E-state index is 6.49. The molecule has 0 amide bonds. The van der Waals surface area contributed by atoms with Crippen molar-refractivity contribution in [1.82, 2.24) is 0 Å². The summed E-state index contributed by atoms with van der Waals surface area (Å²) in [7, 11) is 1.67. The lowest BCUT2D eigenvalue weighted by atomic mass is 9.86. The molecule has 2 nitrogen and oxygen atoms in total. The molecule has 0 aliphatic heterocycles. The van der Waals surface area contributed by atoms with Crippen LogP contribution in [-0.4, -0.2) is 7.11 Å². The normalized spacial score (nSPS) is 13.9. The van der Waals surface area contributed by atoms with Gasteiger partial charge in [-0.1, -0.05) is 42.0 Å². The van der Waals surface area contributed by atoms with Gasteiger partial charge >= 0.3 is 0 Å². The van der Waals surface area contributed by atoms with Crippen LogP contribution < -0.4 is 10.5 Å². The van der Waals surface area contributed by atoms with Crippen LogP contribution in [0.1, 0.15) is 23.6 Å². The SMILES string of the molecule is COc1cccc(C(C)(N)Cc2cccc(C)c2)c1. The Morgan fingerprint density at radius 2 is 1.84 bits per heavy atom. The summed E-state index contributed by atoms with van der Waals surface area (Å²) in [5, 5.41) is 0. The van der Waals surface area contributed by atoms with Crippen molar-refractivity contribution in [3.05, 3.63) is 65.2 Å². The molecule has 2 rings (SSSR count). The van der Waals surface area contributed by atoms with Crippen LogP contribution in [0.15, 0.2) is 48.5 Å². The Kier molecular flexibility index (Phi) is 3.91. The van der Waals surface area contributed by atoms with Crippen molar-refractivity contribution in [2.45, 2.75) is 25.8 Å². The molecule has 2 aromatic carbocycles. The van der Waals surface area contributed by atoms with Crippen molar-refractivity contribution in [3.63, 3.8) is 0 Å². The Labute approximate surface area is 115 Å². The maximum Gasteiger partial charge on any atom is 0.119 e. The highest BCUT2D eigenvalue weighted by Gasteiger charge is 2.22. The lowest BCUT2D eigenvalue weighted by Crippen LogP contribution is -2.35. The number of hydrogen-bond acceptors (Lipinski definition) is 2. The van der Waals surface area contributed by atoms with E-state index in [-0.39, 0.29) is 0 Å². The Bertz CT molecular complexity index is 561. The van der Waals surface area contributed by atoms with Crippen molar-refractivity contribution < 1.29 is 4.74 Å². The first-order valence-corrected chi connectivity index (χ1v) is 6.50. The lowest BCUT2D eigenvalue weighted by Gasteiger charge is -2.26. The van der Waals surface area contributed by atoms with E-state index in [1.165, 1.54) is 11.1 Å². The van der Waals surface area contributed by atoms with E-state index in [4.69, 9.17) is 10.5 Å². The summed E-state index contributed by atoms with van der Waals surface area (Å²) in [5.74, 6) is 0.846. The Morgan fingerprint density at radius 3 is 2.53 bits per heavy atom. The molecule has 0 aliphatic rings. The molecule has 0 heterocycles. The fourth-order valence-electron chi connectivity index (χ4n) is 2.33. The average Bonchev–Trinajstić information content (AvgIpc) is 2.38. The third-order valence-corrected chi connectivity index (χ3v) is 3.38. The quantitative estimate of drug-likeness (QED) is 0.908. The van der Waals surface area contributed by atoms with E-state index < -0.39 is 5.54 Å². The second-order valence-corrected chi connectivity index (χ2v) is 5.32. The van der Waals surface area contributed by atoms with Gasteiger partial charge in [0, 0.05) is 5.54 Å². The number of ether oxygens (including phenoxy) is 1. The van der Waals surface area contributed by atoms with E-state index in [9.17, 15) is 0 Å². The highest BCUT2D eigenvalue weighted by atomic mass is 16.5. The Hall–Kier alpha value is -1.80. The monoisotopic (exact) mass is 255 g/mol. The van der Waals surface area contributed by atoms with Crippen LogP contribution in [0.25, 0.3) is 0 Å². The molecule has 0 spiro atoms. The molecule has 0 radical (unpaired) electrons. The summed E-state index contributed by atoms with van der Waals surface area (Å²) < 4.78 is 5.26. The summed E-state index contributed by atoms with van der Waals surface area (Å²) >= 11 is 0. The summed E-state index contributed by atoms with van der Waals surface area (Å²) in [4.78, 5) is 0. The van der Waals surface area contributed by atoms with E-state index in [0.29, 0.717) is 0 Å². The van der Waals surface area contributed by atoms with Gasteiger partial charge in [0.15, 0.2) is 0 Å². The van der Waals surface area contributed by atoms with E-state index in [1.807, 2.05) is 18.2 Å². The van der Waals surface area contributed by atoms with Gasteiger partial charge in [0.25, 0.3) is 0 Å². The second kappa shape index (κ2) is 5.45. The smallest absolute Gasteiger partial charge is 0.119 e. The predicted octanol–water partition coefficient (Wildman–Crippen LogP) is 3.42. The number of nitrogens with two attached hydrogens (primary N) is 1. The second-order valence-electron chi connectivity index (χ2n) is 5.32. The topological polar surface area (TPSA) is 35.2 Å². The van der Waals surface area contributed by atoms with Crippen LogP contribution in [-0.2, 0) is 12.0 Å². The average molecular weight is 255 g/mol. The molecule has 0 aliphatic carbocycles. The largest absolute Gasteiger partial charge is 0.497 e. The molecule has 100 valence electrons. The van der Waals surface area contributed by atoms with E-state index in [1.54, 1.807) is 7.11 Å². The molecule has 0 fully saturated rings. The van der Waals surface area contributed by atoms with Gasteiger partial charge in [-0.05, 0) is 43.5 Å². The zero-order valence-electron chi connectivity index (χ0n) is 11.8. The highest BCUT2D eigenvalue weighted by Crippen LogP contribution is 2.26. The number of rotatable bonds is 4. The van der Waals surface area contributed by atoms with E-state index in [0.717, 1.165) is 17.7 Å². The van der Waals surface area contributed by atoms with Gasteiger partial charge in [-0.2, -0.15) is 0 Å². The maximum atomic E-state index is 6.49. The summed E-state index contributed by atoms with van der Waals surface area (Å²) in [6.45, 7) is 4.16. The number of methoxy groups -OCH3 is 1. The van der Waals surface area contributed by atoms with Crippen LogP contribution in [0.2, 0.25) is 0 Å². The Morgan fingerprint density at radius 1 is 1.11 bits per heavy atom. The fourth-order valence-corrected chi connectivity index (χ4v) is 2.33. The third kappa shape index (κ3) is 3.36. The van der Waals surface area contributed by atoms with Crippen molar-refractivity contribution in [2.24, 2.45) is 5.73 Å². The van der Waals surface area contributed by atoms with Gasteiger partial charge in [-0.25, -0.2) is 0 Å². The van der Waals surface area contributed by atoms with Crippen molar-refractivity contribution in [1.29, 1.82) is 0 Å². The molecular weight excluding hydrogens is 234 g/mol. The molecule has 0 saturated heterocycles. The molecule has 19 heavy (non-hydrogen) atoms. The van der Waals surface area contributed by atoms with Crippen molar-refractivity contribution >= 4 is 0 Å². The lowest BCUT2D eigenvalue weighted by molar-refractivity contribution is 0.410. The minimum Gasteiger partial charge on any atom is -0.497 e. The number of aryl methyl sites for hydroxylation is 1. The van der Waals surface area contributed by atoms with Gasteiger partial charge in [-0.3, -0.25) is 0 Å². The van der Waals surface area contributed by atoms with Gasteiger partial charge in [0.1, 0.15) is 5.75 Å². The summed E-state index contributed by atoms with van der Waals surface area (Å²) in [5.41, 5.74) is 9.70. The minimum atomic E-state index is -0.400. The fraction of sp³-hybridized carbons (Fsp3) is 0.294. The predicted molar refractivity (Wildman–Crippen MR) is 79.4 cm³/mol. The van der Waals surface area contributed by atoms with Crippen LogP contribution in [0.4, 0.5) is 0 Å². The molecule has 0 saturated carbocycles. The summed E-state index contributed by atoms with van der Waals surface area (Å²) in [6, 6.07) is 16.5. The van der Waals surface area contributed by atoms with E-state index >= 15 is 0 Å². The molecule has 1 atom stereocenters. The molecule has 2 N–H and O–H groups in total. The number of benzene rings is 2. The zero-order valence-corrected chi connectivity index (χ0v) is 11.8. The standard InChI is InChI=1S/C17H21NO/c1-13-6-4-7-14(10-13)12-17(2,18)15-8-5-9-16(11-15)19-3/h4-11H,12,18H2,1-3H3. The molecule has 2 heteroatoms.